The molecule has 1 saturated heterocycles. The minimum Gasteiger partial charge on any atom is -0.471 e. The highest BCUT2D eigenvalue weighted by molar-refractivity contribution is 5.96. The van der Waals surface area contributed by atoms with Gasteiger partial charge in [0.25, 0.3) is 5.91 Å². The van der Waals surface area contributed by atoms with Crippen LogP contribution in [0.5, 0.6) is 5.88 Å². The third-order valence-corrected chi connectivity index (χ3v) is 4.05. The van der Waals surface area contributed by atoms with Crippen molar-refractivity contribution in [2.24, 2.45) is 0 Å². The molecule has 0 spiro atoms. The van der Waals surface area contributed by atoms with E-state index in [0.29, 0.717) is 30.1 Å². The van der Waals surface area contributed by atoms with Crippen LogP contribution in [0.25, 0.3) is 0 Å². The summed E-state index contributed by atoms with van der Waals surface area (Å²) in [7, 11) is 1.33. The molecule has 130 valence electrons. The molecule has 2 heterocycles. The first kappa shape index (κ1) is 16.9. The Balaban J connectivity index is 1.64. The second kappa shape index (κ2) is 7.74. The lowest BCUT2D eigenvalue weighted by Crippen LogP contribution is -2.44. The van der Waals surface area contributed by atoms with Gasteiger partial charge in [-0.1, -0.05) is 0 Å². The van der Waals surface area contributed by atoms with E-state index in [1.54, 1.807) is 47.5 Å². The van der Waals surface area contributed by atoms with Gasteiger partial charge in [0.15, 0.2) is 0 Å². The Kier molecular flexibility index (Phi) is 5.23. The smallest absolute Gasteiger partial charge is 0.337 e. The number of hydrogen-bond acceptors (Lipinski definition) is 6. The third kappa shape index (κ3) is 4.12. The van der Waals surface area contributed by atoms with Gasteiger partial charge in [-0.3, -0.25) is 4.79 Å². The highest BCUT2D eigenvalue weighted by Crippen LogP contribution is 2.18. The predicted molar refractivity (Wildman–Crippen MR) is 89.4 cm³/mol. The molecule has 0 N–H and O–H groups in total. The average Bonchev–Trinajstić information content (AvgIpc) is 2.68. The fraction of sp³-hybridized carbons (Fsp3) is 0.333. The summed E-state index contributed by atoms with van der Waals surface area (Å²) in [5.41, 5.74) is 0.953. The van der Waals surface area contributed by atoms with Gasteiger partial charge in [0.2, 0.25) is 5.88 Å². The summed E-state index contributed by atoms with van der Waals surface area (Å²) in [6.45, 7) is 1.17. The number of carbonyl (C=O) groups excluding carboxylic acids is 2. The highest BCUT2D eigenvalue weighted by Gasteiger charge is 2.26. The molecule has 1 aromatic carbocycles. The van der Waals surface area contributed by atoms with Crippen LogP contribution < -0.4 is 4.74 Å². The number of esters is 1. The van der Waals surface area contributed by atoms with Crippen LogP contribution in [0.4, 0.5) is 0 Å². The number of nitrogens with zero attached hydrogens (tertiary/aromatic N) is 3. The first-order valence-corrected chi connectivity index (χ1v) is 8.09. The van der Waals surface area contributed by atoms with Crippen LogP contribution in [0.1, 0.15) is 33.6 Å². The fourth-order valence-corrected chi connectivity index (χ4v) is 2.79. The fourth-order valence-electron chi connectivity index (χ4n) is 2.79. The van der Waals surface area contributed by atoms with Crippen molar-refractivity contribution in [3.63, 3.8) is 0 Å². The normalized spacial score (nSPS) is 17.0. The van der Waals surface area contributed by atoms with Gasteiger partial charge in [0, 0.05) is 24.4 Å². The maximum Gasteiger partial charge on any atom is 0.337 e. The van der Waals surface area contributed by atoms with Gasteiger partial charge in [-0.25, -0.2) is 4.79 Å². The van der Waals surface area contributed by atoms with Crippen LogP contribution in [0.2, 0.25) is 0 Å². The molecule has 0 saturated carbocycles. The number of aromatic nitrogens is 2. The Morgan fingerprint density at radius 3 is 2.60 bits per heavy atom. The van der Waals surface area contributed by atoms with E-state index in [-0.39, 0.29) is 12.0 Å². The first-order chi connectivity index (χ1) is 12.2. The molecular weight excluding hydrogens is 322 g/mol. The van der Waals surface area contributed by atoms with Crippen molar-refractivity contribution < 1.29 is 19.1 Å². The van der Waals surface area contributed by atoms with Crippen LogP contribution in [-0.4, -0.2) is 53.3 Å². The topological polar surface area (TPSA) is 81.6 Å². The van der Waals surface area contributed by atoms with Gasteiger partial charge < -0.3 is 14.4 Å². The lowest BCUT2D eigenvalue weighted by molar-refractivity contribution is 0.0524. The average molecular weight is 341 g/mol. The van der Waals surface area contributed by atoms with E-state index in [9.17, 15) is 9.59 Å². The van der Waals surface area contributed by atoms with Crippen molar-refractivity contribution in [3.05, 3.63) is 53.7 Å². The van der Waals surface area contributed by atoms with Gasteiger partial charge in [-0.15, -0.1) is 5.10 Å². The zero-order valence-corrected chi connectivity index (χ0v) is 13.9. The lowest BCUT2D eigenvalue weighted by atomic mass is 10.1. The number of likely N-dealkylation sites (tertiary alicyclic amines) is 1. The number of methoxy groups -OCH3 is 1. The number of ether oxygens (including phenoxy) is 2. The van der Waals surface area contributed by atoms with Gasteiger partial charge >= 0.3 is 5.97 Å². The highest BCUT2D eigenvalue weighted by atomic mass is 16.5. The monoisotopic (exact) mass is 341 g/mol. The van der Waals surface area contributed by atoms with Crippen molar-refractivity contribution in [1.29, 1.82) is 0 Å². The standard InChI is InChI=1S/C18H19N3O4/c1-24-18(23)14-8-6-13(7-9-14)17(22)21-11-3-4-15(12-21)25-16-5-2-10-19-20-16/h2,5-10,15H,3-4,11-12H2,1H3. The Morgan fingerprint density at radius 2 is 1.92 bits per heavy atom. The summed E-state index contributed by atoms with van der Waals surface area (Å²) in [6.07, 6.45) is 3.20. The predicted octanol–water partition coefficient (Wildman–Crippen LogP) is 1.95. The van der Waals surface area contributed by atoms with Crippen LogP contribution in [0, 0.1) is 0 Å². The van der Waals surface area contributed by atoms with Crippen LogP contribution in [0.15, 0.2) is 42.6 Å². The van der Waals surface area contributed by atoms with E-state index >= 15 is 0 Å². The molecule has 1 amide bonds. The molecule has 1 aliphatic rings. The van der Waals surface area contributed by atoms with E-state index in [0.717, 1.165) is 12.8 Å². The molecule has 0 radical (unpaired) electrons. The Labute approximate surface area is 145 Å². The SMILES string of the molecule is COC(=O)c1ccc(C(=O)N2CCCC(Oc3cccnn3)C2)cc1. The molecule has 0 aliphatic carbocycles. The molecule has 0 bridgehead atoms. The molecule has 7 nitrogen and oxygen atoms in total. The second-order valence-corrected chi connectivity index (χ2v) is 5.76. The molecule has 1 fully saturated rings. The van der Waals surface area contributed by atoms with E-state index in [1.807, 2.05) is 0 Å². The van der Waals surface area contributed by atoms with Crippen LogP contribution in [-0.2, 0) is 4.74 Å². The molecule has 3 rings (SSSR count). The van der Waals surface area contributed by atoms with Crippen molar-refractivity contribution in [1.82, 2.24) is 15.1 Å². The first-order valence-electron chi connectivity index (χ1n) is 8.09. The Morgan fingerprint density at radius 1 is 1.16 bits per heavy atom. The maximum absolute atomic E-state index is 12.7. The van der Waals surface area contributed by atoms with Crippen molar-refractivity contribution in [3.8, 4) is 5.88 Å². The summed E-state index contributed by atoms with van der Waals surface area (Å²) in [6, 6.07) is 9.98. The number of carbonyl (C=O) groups is 2. The second-order valence-electron chi connectivity index (χ2n) is 5.76. The van der Waals surface area contributed by atoms with E-state index in [2.05, 4.69) is 14.9 Å². The van der Waals surface area contributed by atoms with Crippen molar-refractivity contribution >= 4 is 11.9 Å². The van der Waals surface area contributed by atoms with E-state index < -0.39 is 5.97 Å². The van der Waals surface area contributed by atoms with Crippen molar-refractivity contribution in [2.45, 2.75) is 18.9 Å². The molecule has 1 atom stereocenters. The summed E-state index contributed by atoms with van der Waals surface area (Å²) >= 11 is 0. The molecular formula is C18H19N3O4. The number of rotatable bonds is 4. The lowest BCUT2D eigenvalue weighted by Gasteiger charge is -2.32. The molecule has 7 heteroatoms. The van der Waals surface area contributed by atoms with Gasteiger partial charge in [-0.2, -0.15) is 5.10 Å². The summed E-state index contributed by atoms with van der Waals surface area (Å²) in [5, 5.41) is 7.70. The van der Waals surface area contributed by atoms with Crippen molar-refractivity contribution in [2.75, 3.05) is 20.2 Å². The van der Waals surface area contributed by atoms with E-state index in [1.165, 1.54) is 7.11 Å². The molecule has 1 aromatic heterocycles. The zero-order chi connectivity index (χ0) is 17.6. The van der Waals surface area contributed by atoms with Gasteiger partial charge in [-0.05, 0) is 43.2 Å². The summed E-state index contributed by atoms with van der Waals surface area (Å²) in [5.74, 6) is -0.0394. The summed E-state index contributed by atoms with van der Waals surface area (Å²) in [4.78, 5) is 25.9. The van der Waals surface area contributed by atoms with Crippen LogP contribution in [0.3, 0.4) is 0 Å². The molecule has 2 aromatic rings. The van der Waals surface area contributed by atoms with Crippen LogP contribution >= 0.6 is 0 Å². The minimum absolute atomic E-state index is 0.0798. The summed E-state index contributed by atoms with van der Waals surface area (Å²) < 4.78 is 10.5. The zero-order valence-electron chi connectivity index (χ0n) is 13.9. The molecule has 25 heavy (non-hydrogen) atoms. The van der Waals surface area contributed by atoms with E-state index in [4.69, 9.17) is 4.74 Å². The van der Waals surface area contributed by atoms with Gasteiger partial charge in [0.1, 0.15) is 6.10 Å². The number of hydrogen-bond donors (Lipinski definition) is 0. The quantitative estimate of drug-likeness (QED) is 0.791. The number of benzene rings is 1. The maximum atomic E-state index is 12.7. The number of amides is 1. The number of piperidine rings is 1. The molecule has 1 aliphatic heterocycles. The Hall–Kier alpha value is -2.96. The van der Waals surface area contributed by atoms with Gasteiger partial charge in [0.05, 0.1) is 19.2 Å². The minimum atomic E-state index is -0.422. The third-order valence-electron chi connectivity index (χ3n) is 4.05. The largest absolute Gasteiger partial charge is 0.471 e. The molecule has 1 unspecified atom stereocenters. The Bertz CT molecular complexity index is 734.